The summed E-state index contributed by atoms with van der Waals surface area (Å²) < 4.78 is 147. The highest BCUT2D eigenvalue weighted by Gasteiger charge is 2.59. The number of hydrogen-bond acceptors (Lipinski definition) is 21. The topological polar surface area (TPSA) is 205 Å². The molecule has 0 spiro atoms. The number of ether oxygens (including phenoxy) is 20. The SMILES string of the molecule is COC1OC(COCc2ccccc2)C(OCc2ccccc2)C(OCc2ccccc2)C1OC1OC(COCc2ccccc2)C(OCc2ccccc2)C(OCc2ccccc2)C1OC1OC(COCc2ccccc2)C(OCc2ccccc2)C(OCc2ccccc2)C1OC1OC(COCc2ccccc2)C(OCc2ccccc2)C(OCc2ccccc2)C1O. The van der Waals surface area contributed by atoms with Crippen molar-refractivity contribution in [3.05, 3.63) is 431 Å². The minimum Gasteiger partial charge on any atom is -0.385 e. The molecular weight excluding hydrogens is 1650 g/mol. The molecule has 20 atom stereocenters. The summed E-state index contributed by atoms with van der Waals surface area (Å²) in [5.41, 5.74) is 10.6. The molecule has 130 heavy (non-hydrogen) atoms. The minimum absolute atomic E-state index is 0.0144. The second kappa shape index (κ2) is 49.9. The van der Waals surface area contributed by atoms with Crippen LogP contribution in [0.5, 0.6) is 0 Å². The van der Waals surface area contributed by atoms with E-state index < -0.39 is 123 Å². The summed E-state index contributed by atoms with van der Waals surface area (Å²) in [6.45, 7) is 1.36. The Morgan fingerprint density at radius 2 is 0.346 bits per heavy atom. The fraction of sp³-hybridized carbons (Fsp3) is 0.339. The first-order chi connectivity index (χ1) is 64.3. The number of aliphatic hydroxyl groups is 1. The van der Waals surface area contributed by atoms with Gasteiger partial charge in [-0.2, -0.15) is 0 Å². The molecule has 4 saturated heterocycles. The first-order valence-electron chi connectivity index (χ1n) is 44.8. The van der Waals surface area contributed by atoms with Crippen molar-refractivity contribution < 1.29 is 99.8 Å². The van der Waals surface area contributed by atoms with Crippen molar-refractivity contribution in [3.63, 3.8) is 0 Å². The van der Waals surface area contributed by atoms with Crippen LogP contribution >= 0.6 is 0 Å². The van der Waals surface area contributed by atoms with Gasteiger partial charge in [-0.3, -0.25) is 0 Å². The van der Waals surface area contributed by atoms with Gasteiger partial charge in [0.2, 0.25) is 0 Å². The third-order valence-electron chi connectivity index (χ3n) is 23.4. The molecule has 1 N–H and O–H groups in total. The Morgan fingerprint density at radius 3 is 0.562 bits per heavy atom. The maximum absolute atomic E-state index is 13.8. The van der Waals surface area contributed by atoms with Gasteiger partial charge in [0.1, 0.15) is 97.7 Å². The first kappa shape index (κ1) is 93.0. The summed E-state index contributed by atoms with van der Waals surface area (Å²) in [7, 11) is 1.57. The molecule has 4 aliphatic heterocycles. The van der Waals surface area contributed by atoms with E-state index in [1.807, 2.05) is 364 Å². The molecule has 12 aromatic rings. The summed E-state index contributed by atoms with van der Waals surface area (Å²) in [4.78, 5) is 0. The molecular formula is C109H116O21. The van der Waals surface area contributed by atoms with Gasteiger partial charge in [0.05, 0.1) is 106 Å². The van der Waals surface area contributed by atoms with Gasteiger partial charge >= 0.3 is 0 Å². The van der Waals surface area contributed by atoms with E-state index in [1.54, 1.807) is 7.11 Å². The van der Waals surface area contributed by atoms with Crippen LogP contribution in [-0.4, -0.2) is 161 Å². The van der Waals surface area contributed by atoms with Crippen molar-refractivity contribution in [2.75, 3.05) is 33.5 Å². The van der Waals surface area contributed by atoms with Crippen LogP contribution in [-0.2, 0) is 174 Å². The van der Waals surface area contributed by atoms with Crippen LogP contribution in [0.4, 0.5) is 0 Å². The zero-order chi connectivity index (χ0) is 88.4. The molecule has 4 heterocycles. The van der Waals surface area contributed by atoms with Crippen LogP contribution < -0.4 is 0 Å². The van der Waals surface area contributed by atoms with Crippen LogP contribution in [0.15, 0.2) is 364 Å². The lowest BCUT2D eigenvalue weighted by Crippen LogP contribution is -2.69. The Balaban J connectivity index is 0.863. The molecule has 4 fully saturated rings. The van der Waals surface area contributed by atoms with Crippen molar-refractivity contribution in [1.29, 1.82) is 0 Å². The average Bonchev–Trinajstić information content (AvgIpc) is 0.757. The summed E-state index contributed by atoms with van der Waals surface area (Å²) in [5, 5.41) is 13.8. The van der Waals surface area contributed by atoms with Crippen molar-refractivity contribution >= 4 is 0 Å². The maximum atomic E-state index is 13.8. The summed E-state index contributed by atoms with van der Waals surface area (Å²) in [6.07, 6.45) is -24.4. The van der Waals surface area contributed by atoms with E-state index >= 15 is 0 Å². The standard InChI is InChI=1S/C109H116O21/c1-111-107-103(100(121-71-87-56-32-11-33-57-87)96(117-67-83-48-24-7-25-49-83)91(125-107)75-113-63-79-40-16-3-17-41-79)129-109-105(102(123-73-89-60-36-13-37-61-89)98(119-69-85-52-28-9-29-53-85)93(127-109)77-115-65-81-44-20-5-21-45-81)130-108-104(101(122-72-88-58-34-12-35-59-88)97(118-68-84-50-26-8-27-51-84)92(126-108)76-114-64-80-42-18-4-19-43-80)128-106-94(110)99(120-70-86-54-30-10-31-55-86)95(116-66-82-46-22-6-23-47-82)90(124-106)74-112-62-78-38-14-2-15-39-78/h2-61,90-110H,62-77H2,1H3. The first-order valence-corrected chi connectivity index (χ1v) is 44.8. The second-order valence-corrected chi connectivity index (χ2v) is 32.8. The number of benzene rings is 12. The molecule has 16 rings (SSSR count). The normalized spacial score (nSPS) is 25.7. The lowest BCUT2D eigenvalue weighted by atomic mass is 9.94. The Hall–Kier alpha value is -10.2. The van der Waals surface area contributed by atoms with E-state index in [1.165, 1.54) is 0 Å². The van der Waals surface area contributed by atoms with Crippen molar-refractivity contribution in [3.8, 4) is 0 Å². The van der Waals surface area contributed by atoms with Gasteiger partial charge < -0.3 is 99.8 Å². The van der Waals surface area contributed by atoms with E-state index in [-0.39, 0.29) is 106 Å². The predicted molar refractivity (Wildman–Crippen MR) is 487 cm³/mol. The smallest absolute Gasteiger partial charge is 0.187 e. The molecule has 0 amide bonds. The molecule has 0 radical (unpaired) electrons. The van der Waals surface area contributed by atoms with Crippen molar-refractivity contribution in [2.45, 2.75) is 202 Å². The van der Waals surface area contributed by atoms with Crippen molar-refractivity contribution in [2.24, 2.45) is 0 Å². The third-order valence-corrected chi connectivity index (χ3v) is 23.4. The summed E-state index contributed by atoms with van der Waals surface area (Å²) in [6, 6.07) is 119. The van der Waals surface area contributed by atoms with Gasteiger partial charge in [-0.15, -0.1) is 0 Å². The van der Waals surface area contributed by atoms with Gasteiger partial charge in [-0.25, -0.2) is 0 Å². The van der Waals surface area contributed by atoms with Gasteiger partial charge in [-0.1, -0.05) is 364 Å². The minimum atomic E-state index is -1.63. The monoisotopic (exact) mass is 1760 g/mol. The zero-order valence-electron chi connectivity index (χ0n) is 73.1. The van der Waals surface area contributed by atoms with E-state index in [0.29, 0.717) is 0 Å². The molecule has 20 unspecified atom stereocenters. The number of rotatable bonds is 47. The molecule has 678 valence electrons. The molecule has 4 aliphatic rings. The number of aliphatic hydroxyl groups excluding tert-OH is 1. The molecule has 21 nitrogen and oxygen atoms in total. The summed E-state index contributed by atoms with van der Waals surface area (Å²) in [5.74, 6) is 0. The van der Waals surface area contributed by atoms with Crippen LogP contribution in [0, 0.1) is 0 Å². The van der Waals surface area contributed by atoms with Crippen LogP contribution in [0.25, 0.3) is 0 Å². The Kier molecular flexibility index (Phi) is 35.7. The number of hydrogen-bond donors (Lipinski definition) is 1. The van der Waals surface area contributed by atoms with Gasteiger partial charge in [0.15, 0.2) is 25.2 Å². The van der Waals surface area contributed by atoms with Gasteiger partial charge in [-0.05, 0) is 66.8 Å². The molecule has 21 heteroatoms. The average molecular weight is 1760 g/mol. The third kappa shape index (κ3) is 27.0. The maximum Gasteiger partial charge on any atom is 0.187 e. The quantitative estimate of drug-likeness (QED) is 0.0376. The van der Waals surface area contributed by atoms with Crippen LogP contribution in [0.3, 0.4) is 0 Å². The largest absolute Gasteiger partial charge is 0.385 e. The molecule has 0 aromatic heterocycles. The second-order valence-electron chi connectivity index (χ2n) is 32.8. The number of methoxy groups -OCH3 is 1. The fourth-order valence-corrected chi connectivity index (χ4v) is 16.7. The Morgan fingerprint density at radius 1 is 0.185 bits per heavy atom. The highest BCUT2D eigenvalue weighted by atomic mass is 16.8. The highest BCUT2D eigenvalue weighted by Crippen LogP contribution is 2.42. The Bertz CT molecular complexity index is 5090. The predicted octanol–water partition coefficient (Wildman–Crippen LogP) is 17.6. The lowest BCUT2D eigenvalue weighted by Gasteiger charge is -2.52. The zero-order valence-corrected chi connectivity index (χ0v) is 73.1. The van der Waals surface area contributed by atoms with E-state index in [2.05, 4.69) is 0 Å². The summed E-state index contributed by atoms with van der Waals surface area (Å²) >= 11 is 0. The lowest BCUT2D eigenvalue weighted by molar-refractivity contribution is -0.416. The van der Waals surface area contributed by atoms with Crippen LogP contribution in [0.2, 0.25) is 0 Å². The van der Waals surface area contributed by atoms with Gasteiger partial charge in [0, 0.05) is 7.11 Å². The van der Waals surface area contributed by atoms with Crippen molar-refractivity contribution in [1.82, 2.24) is 0 Å². The highest BCUT2D eigenvalue weighted by molar-refractivity contribution is 5.23. The van der Waals surface area contributed by atoms with E-state index in [9.17, 15) is 5.11 Å². The molecule has 12 aromatic carbocycles. The van der Waals surface area contributed by atoms with E-state index in [4.69, 9.17) is 94.7 Å². The van der Waals surface area contributed by atoms with E-state index in [0.717, 1.165) is 66.8 Å². The fourth-order valence-electron chi connectivity index (χ4n) is 16.7. The molecule has 0 bridgehead atoms. The molecule has 0 saturated carbocycles. The Labute approximate surface area is 762 Å². The van der Waals surface area contributed by atoms with Gasteiger partial charge in [0.25, 0.3) is 0 Å². The molecule has 0 aliphatic carbocycles. The van der Waals surface area contributed by atoms with Crippen LogP contribution in [0.1, 0.15) is 66.8 Å².